The summed E-state index contributed by atoms with van der Waals surface area (Å²) in [6.07, 6.45) is 4.21. The Morgan fingerprint density at radius 3 is 2.62 bits per heavy atom. The molecule has 1 aliphatic rings. The minimum absolute atomic E-state index is 0.118. The lowest BCUT2D eigenvalue weighted by atomic mass is 9.99. The zero-order valence-electron chi connectivity index (χ0n) is 21.9. The van der Waals surface area contributed by atoms with Crippen molar-refractivity contribution in [2.24, 2.45) is 0 Å². The highest BCUT2D eigenvalue weighted by Crippen LogP contribution is 2.28. The number of fused-ring (bicyclic) bond motifs is 1. The van der Waals surface area contributed by atoms with Crippen molar-refractivity contribution in [1.29, 1.82) is 5.26 Å². The van der Waals surface area contributed by atoms with Crippen LogP contribution in [0.3, 0.4) is 0 Å². The quantitative estimate of drug-likeness (QED) is 0.231. The van der Waals surface area contributed by atoms with Crippen LogP contribution in [0.5, 0.6) is 0 Å². The van der Waals surface area contributed by atoms with Crippen molar-refractivity contribution in [3.63, 3.8) is 0 Å². The van der Waals surface area contributed by atoms with Crippen LogP contribution >= 0.6 is 0 Å². The van der Waals surface area contributed by atoms with E-state index in [-0.39, 0.29) is 24.9 Å². The molecule has 0 bridgehead atoms. The van der Waals surface area contributed by atoms with Gasteiger partial charge in [0, 0.05) is 30.2 Å². The summed E-state index contributed by atoms with van der Waals surface area (Å²) >= 11 is 0. The monoisotopic (exact) mass is 542 g/mol. The molecule has 1 saturated heterocycles. The number of aliphatic carboxylic acids is 1. The smallest absolute Gasteiger partial charge is 0.317 e. The van der Waals surface area contributed by atoms with E-state index in [4.69, 9.17) is 5.11 Å². The molecular formula is C29H30N6O5. The summed E-state index contributed by atoms with van der Waals surface area (Å²) in [5.41, 5.74) is 3.15. The van der Waals surface area contributed by atoms with Gasteiger partial charge in [-0.25, -0.2) is 5.01 Å². The van der Waals surface area contributed by atoms with E-state index in [0.717, 1.165) is 17.5 Å². The van der Waals surface area contributed by atoms with Gasteiger partial charge >= 0.3 is 5.97 Å². The van der Waals surface area contributed by atoms with Crippen LogP contribution in [0.15, 0.2) is 54.7 Å². The summed E-state index contributed by atoms with van der Waals surface area (Å²) in [6.45, 7) is 1.15. The van der Waals surface area contributed by atoms with Crippen molar-refractivity contribution in [3.05, 3.63) is 65.9 Å². The summed E-state index contributed by atoms with van der Waals surface area (Å²) < 4.78 is 0. The number of aromatic nitrogens is 1. The molecule has 2 heterocycles. The Hall–Kier alpha value is -4.66. The molecule has 2 aromatic carbocycles. The summed E-state index contributed by atoms with van der Waals surface area (Å²) in [6, 6.07) is 16.0. The van der Waals surface area contributed by atoms with Gasteiger partial charge in [-0.1, -0.05) is 18.2 Å². The van der Waals surface area contributed by atoms with E-state index < -0.39 is 12.0 Å². The van der Waals surface area contributed by atoms with Crippen LogP contribution < -0.4 is 10.6 Å². The zero-order valence-corrected chi connectivity index (χ0v) is 21.9. The third kappa shape index (κ3) is 6.66. The minimum atomic E-state index is -0.926. The van der Waals surface area contributed by atoms with Gasteiger partial charge < -0.3 is 20.5 Å². The van der Waals surface area contributed by atoms with Crippen LogP contribution in [0.25, 0.3) is 22.0 Å². The van der Waals surface area contributed by atoms with E-state index >= 15 is 0 Å². The number of carbonyl (C=O) groups excluding carboxylic acids is 3. The first-order valence-electron chi connectivity index (χ1n) is 13.0. The standard InChI is InChI=1S/C29H30N6O5/c30-18-23-3-1-14-34(23)35(15-16-36)29(40)24-10-13-32-26-9-8-22(17-25(24)26)20-4-6-21(7-5-20)28(39)33-12-2-11-31-19-27(37)38/h4-10,13,16-17,23,31H,1-3,11-12,14-15,19H2,(H,33,39)(H,37,38). The van der Waals surface area contributed by atoms with Gasteiger partial charge in [0.05, 0.1) is 30.2 Å². The maximum Gasteiger partial charge on any atom is 0.317 e. The van der Waals surface area contributed by atoms with Crippen LogP contribution in [0.2, 0.25) is 0 Å². The van der Waals surface area contributed by atoms with E-state index in [9.17, 15) is 24.4 Å². The first-order valence-corrected chi connectivity index (χ1v) is 13.0. The molecule has 2 amide bonds. The molecule has 1 atom stereocenters. The fourth-order valence-electron chi connectivity index (χ4n) is 4.72. The van der Waals surface area contributed by atoms with Gasteiger partial charge in [0.15, 0.2) is 0 Å². The van der Waals surface area contributed by atoms with Crippen LogP contribution in [0.4, 0.5) is 0 Å². The van der Waals surface area contributed by atoms with Crippen molar-refractivity contribution >= 4 is 35.0 Å². The fourth-order valence-corrected chi connectivity index (χ4v) is 4.72. The third-order valence-corrected chi connectivity index (χ3v) is 6.71. The Balaban J connectivity index is 1.50. The molecule has 0 spiro atoms. The number of benzene rings is 2. The Morgan fingerprint density at radius 1 is 1.12 bits per heavy atom. The zero-order chi connectivity index (χ0) is 28.5. The van der Waals surface area contributed by atoms with Gasteiger partial charge in [-0.05, 0) is 67.3 Å². The van der Waals surface area contributed by atoms with E-state index in [1.54, 1.807) is 29.4 Å². The van der Waals surface area contributed by atoms with Crippen LogP contribution in [-0.4, -0.2) is 82.9 Å². The normalized spacial score (nSPS) is 14.9. The van der Waals surface area contributed by atoms with Crippen molar-refractivity contribution in [1.82, 2.24) is 25.6 Å². The topological polar surface area (TPSA) is 156 Å². The Morgan fingerprint density at radius 2 is 1.90 bits per heavy atom. The fraction of sp³-hybridized carbons (Fsp3) is 0.310. The van der Waals surface area contributed by atoms with Crippen molar-refractivity contribution in [2.75, 3.05) is 32.7 Å². The molecule has 0 radical (unpaired) electrons. The molecule has 3 aromatic rings. The second-order valence-electron chi connectivity index (χ2n) is 9.35. The van der Waals surface area contributed by atoms with Crippen molar-refractivity contribution < 1.29 is 24.3 Å². The lowest BCUT2D eigenvalue weighted by Crippen LogP contribution is -2.49. The molecule has 0 saturated carbocycles. The Bertz CT molecular complexity index is 1440. The molecule has 1 unspecified atom stereocenters. The number of nitrogens with one attached hydrogen (secondary N) is 2. The molecule has 1 aliphatic heterocycles. The van der Waals surface area contributed by atoms with Gasteiger partial charge in [0.25, 0.3) is 11.8 Å². The number of carbonyl (C=O) groups is 4. The van der Waals surface area contributed by atoms with E-state index in [2.05, 4.69) is 21.7 Å². The van der Waals surface area contributed by atoms with Gasteiger partial charge in [0.2, 0.25) is 0 Å². The second kappa shape index (κ2) is 13.4. The van der Waals surface area contributed by atoms with E-state index in [1.165, 1.54) is 5.01 Å². The third-order valence-electron chi connectivity index (χ3n) is 6.71. The van der Waals surface area contributed by atoms with Crippen LogP contribution in [0.1, 0.15) is 40.0 Å². The highest BCUT2D eigenvalue weighted by Gasteiger charge is 2.33. The predicted molar refractivity (Wildman–Crippen MR) is 147 cm³/mol. The molecule has 3 N–H and O–H groups in total. The number of pyridine rings is 1. The number of carboxylic acids is 1. The maximum absolute atomic E-state index is 13.7. The maximum atomic E-state index is 13.7. The first kappa shape index (κ1) is 28.4. The number of hydrogen-bond acceptors (Lipinski definition) is 8. The minimum Gasteiger partial charge on any atom is -0.480 e. The summed E-state index contributed by atoms with van der Waals surface area (Å²) in [5.74, 6) is -1.53. The van der Waals surface area contributed by atoms with Gasteiger partial charge in [-0.3, -0.25) is 24.4 Å². The number of hydrogen-bond donors (Lipinski definition) is 3. The Labute approximate surface area is 231 Å². The average molecular weight is 543 g/mol. The van der Waals surface area contributed by atoms with E-state index in [0.29, 0.717) is 60.8 Å². The van der Waals surface area contributed by atoms with Crippen molar-refractivity contribution in [3.8, 4) is 17.2 Å². The SMILES string of the molecule is N#CC1CCCN1N(CC=O)C(=O)c1ccnc2ccc(-c3ccc(C(=O)NCCCNCC(=O)O)cc3)cc12. The lowest BCUT2D eigenvalue weighted by Gasteiger charge is -2.32. The summed E-state index contributed by atoms with van der Waals surface area (Å²) in [4.78, 5) is 52.5. The van der Waals surface area contributed by atoms with Crippen LogP contribution in [-0.2, 0) is 9.59 Å². The molecule has 40 heavy (non-hydrogen) atoms. The number of rotatable bonds is 12. The van der Waals surface area contributed by atoms with Gasteiger partial charge in [-0.2, -0.15) is 5.26 Å². The number of amides is 2. The molecule has 4 rings (SSSR count). The second-order valence-corrected chi connectivity index (χ2v) is 9.35. The number of hydrazine groups is 1. The molecule has 0 aliphatic carbocycles. The van der Waals surface area contributed by atoms with Gasteiger partial charge in [-0.15, -0.1) is 0 Å². The number of nitrogens with zero attached hydrogens (tertiary/aromatic N) is 4. The predicted octanol–water partition coefficient (Wildman–Crippen LogP) is 2.24. The average Bonchev–Trinajstić information content (AvgIpc) is 3.45. The molecule has 11 heteroatoms. The number of carboxylic acid groups (broad SMARTS) is 1. The highest BCUT2D eigenvalue weighted by atomic mass is 16.4. The summed E-state index contributed by atoms with van der Waals surface area (Å²) in [5, 5.41) is 27.4. The molecule has 11 nitrogen and oxygen atoms in total. The van der Waals surface area contributed by atoms with Crippen molar-refractivity contribution in [2.45, 2.75) is 25.3 Å². The molecular weight excluding hydrogens is 512 g/mol. The molecule has 1 fully saturated rings. The molecule has 206 valence electrons. The number of aldehydes is 1. The van der Waals surface area contributed by atoms with Gasteiger partial charge in [0.1, 0.15) is 12.3 Å². The summed E-state index contributed by atoms with van der Waals surface area (Å²) in [7, 11) is 0. The highest BCUT2D eigenvalue weighted by molar-refractivity contribution is 6.07. The Kier molecular flexibility index (Phi) is 9.51. The largest absolute Gasteiger partial charge is 0.480 e. The number of nitriles is 1. The molecule has 1 aromatic heterocycles. The van der Waals surface area contributed by atoms with Crippen LogP contribution in [0, 0.1) is 11.3 Å². The lowest BCUT2D eigenvalue weighted by molar-refractivity contribution is -0.136. The first-order chi connectivity index (χ1) is 19.4. The van der Waals surface area contributed by atoms with E-state index in [1.807, 2.05) is 30.3 Å².